The van der Waals surface area contributed by atoms with E-state index in [9.17, 15) is 0 Å². The molecule has 0 amide bonds. The van der Waals surface area contributed by atoms with E-state index in [1.165, 1.54) is 24.1 Å². The summed E-state index contributed by atoms with van der Waals surface area (Å²) in [6.07, 6.45) is 6.98. The lowest BCUT2D eigenvalue weighted by Crippen LogP contribution is -2.26. The standard InChI is InChI=1S/C13H18N2O/c1-9-12(5-6-16-9)15-11-7-10-3-2-4-13(10)14-8-11/h7-9,12,15H,2-6H2,1H3. The van der Waals surface area contributed by atoms with Crippen molar-refractivity contribution in [3.05, 3.63) is 23.5 Å². The van der Waals surface area contributed by atoms with Gasteiger partial charge in [0.25, 0.3) is 0 Å². The molecule has 1 aromatic rings. The molecule has 2 aliphatic rings. The minimum atomic E-state index is 0.313. The van der Waals surface area contributed by atoms with Crippen LogP contribution in [0.4, 0.5) is 5.69 Å². The first-order chi connectivity index (χ1) is 7.83. The quantitative estimate of drug-likeness (QED) is 0.826. The van der Waals surface area contributed by atoms with E-state index in [1.54, 1.807) is 0 Å². The normalized spacial score (nSPS) is 28.1. The summed E-state index contributed by atoms with van der Waals surface area (Å²) in [4.78, 5) is 4.52. The fraction of sp³-hybridized carbons (Fsp3) is 0.615. The summed E-state index contributed by atoms with van der Waals surface area (Å²) >= 11 is 0. The molecule has 1 aliphatic heterocycles. The summed E-state index contributed by atoms with van der Waals surface area (Å²) in [6, 6.07) is 2.71. The highest BCUT2D eigenvalue weighted by atomic mass is 16.5. The van der Waals surface area contributed by atoms with Gasteiger partial charge in [-0.05, 0) is 44.2 Å². The molecule has 0 aromatic carbocycles. The highest BCUT2D eigenvalue weighted by molar-refractivity contribution is 5.47. The van der Waals surface area contributed by atoms with Crippen molar-refractivity contribution in [2.75, 3.05) is 11.9 Å². The van der Waals surface area contributed by atoms with Gasteiger partial charge in [-0.15, -0.1) is 0 Å². The van der Waals surface area contributed by atoms with E-state index in [4.69, 9.17) is 4.74 Å². The van der Waals surface area contributed by atoms with Crippen LogP contribution in [0, 0.1) is 0 Å². The summed E-state index contributed by atoms with van der Waals surface area (Å²) in [5, 5.41) is 3.53. The van der Waals surface area contributed by atoms with Gasteiger partial charge >= 0.3 is 0 Å². The average molecular weight is 218 g/mol. The van der Waals surface area contributed by atoms with Gasteiger partial charge in [0, 0.05) is 12.3 Å². The van der Waals surface area contributed by atoms with Gasteiger partial charge in [0.05, 0.1) is 24.0 Å². The zero-order valence-electron chi connectivity index (χ0n) is 9.70. The molecule has 16 heavy (non-hydrogen) atoms. The molecule has 1 aliphatic carbocycles. The van der Waals surface area contributed by atoms with E-state index in [0.717, 1.165) is 25.1 Å². The first kappa shape index (κ1) is 10.1. The van der Waals surface area contributed by atoms with E-state index in [2.05, 4.69) is 23.3 Å². The monoisotopic (exact) mass is 218 g/mol. The molecule has 0 saturated carbocycles. The van der Waals surface area contributed by atoms with Crippen LogP contribution in [0.25, 0.3) is 0 Å². The van der Waals surface area contributed by atoms with E-state index >= 15 is 0 Å². The van der Waals surface area contributed by atoms with Crippen molar-refractivity contribution >= 4 is 5.69 Å². The molecule has 2 unspecified atom stereocenters. The predicted molar refractivity (Wildman–Crippen MR) is 63.7 cm³/mol. The molecule has 0 bridgehead atoms. The van der Waals surface area contributed by atoms with Gasteiger partial charge in [-0.1, -0.05) is 0 Å². The van der Waals surface area contributed by atoms with Crippen LogP contribution in [0.2, 0.25) is 0 Å². The lowest BCUT2D eigenvalue weighted by molar-refractivity contribution is 0.121. The number of hydrogen-bond donors (Lipinski definition) is 1. The van der Waals surface area contributed by atoms with Crippen molar-refractivity contribution in [1.29, 1.82) is 0 Å². The summed E-state index contributed by atoms with van der Waals surface area (Å²) in [7, 11) is 0. The highest BCUT2D eigenvalue weighted by Crippen LogP contribution is 2.24. The van der Waals surface area contributed by atoms with Crippen LogP contribution in [-0.2, 0) is 17.6 Å². The van der Waals surface area contributed by atoms with Crippen molar-refractivity contribution in [1.82, 2.24) is 4.98 Å². The van der Waals surface area contributed by atoms with Crippen LogP contribution < -0.4 is 5.32 Å². The molecule has 2 heterocycles. The van der Waals surface area contributed by atoms with Crippen molar-refractivity contribution in [3.63, 3.8) is 0 Å². The number of aryl methyl sites for hydroxylation is 2. The Morgan fingerprint density at radius 1 is 1.44 bits per heavy atom. The zero-order chi connectivity index (χ0) is 11.0. The van der Waals surface area contributed by atoms with Crippen LogP contribution in [-0.4, -0.2) is 23.7 Å². The number of pyridine rings is 1. The molecule has 1 aromatic heterocycles. The summed E-state index contributed by atoms with van der Waals surface area (Å²) in [6.45, 7) is 3.00. The molecule has 86 valence electrons. The van der Waals surface area contributed by atoms with Crippen LogP contribution in [0.15, 0.2) is 12.3 Å². The van der Waals surface area contributed by atoms with Gasteiger partial charge in [-0.25, -0.2) is 0 Å². The Balaban J connectivity index is 1.75. The molecule has 1 fully saturated rings. The predicted octanol–water partition coefficient (Wildman–Crippen LogP) is 2.16. The third kappa shape index (κ3) is 1.80. The maximum absolute atomic E-state index is 5.55. The molecule has 3 rings (SSSR count). The summed E-state index contributed by atoms with van der Waals surface area (Å²) < 4.78 is 5.55. The average Bonchev–Trinajstić information content (AvgIpc) is 2.88. The minimum absolute atomic E-state index is 0.313. The van der Waals surface area contributed by atoms with Gasteiger partial charge in [0.1, 0.15) is 0 Å². The van der Waals surface area contributed by atoms with Gasteiger partial charge in [-0.2, -0.15) is 0 Å². The third-order valence-electron chi connectivity index (χ3n) is 3.65. The molecular formula is C13H18N2O. The largest absolute Gasteiger partial charge is 0.378 e. The van der Waals surface area contributed by atoms with Gasteiger partial charge in [0.2, 0.25) is 0 Å². The van der Waals surface area contributed by atoms with E-state index in [0.29, 0.717) is 12.1 Å². The number of anilines is 1. The van der Waals surface area contributed by atoms with Crippen molar-refractivity contribution in [2.45, 2.75) is 44.8 Å². The Hall–Kier alpha value is -1.09. The molecule has 3 nitrogen and oxygen atoms in total. The Bertz CT molecular complexity index is 392. The number of nitrogens with zero attached hydrogens (tertiary/aromatic N) is 1. The zero-order valence-corrected chi connectivity index (χ0v) is 9.70. The van der Waals surface area contributed by atoms with Crippen LogP contribution in [0.3, 0.4) is 0 Å². The number of fused-ring (bicyclic) bond motifs is 1. The van der Waals surface area contributed by atoms with Gasteiger partial charge < -0.3 is 10.1 Å². The SMILES string of the molecule is CC1OCCC1Nc1cnc2c(c1)CCC2. The molecule has 1 saturated heterocycles. The first-order valence-electron chi connectivity index (χ1n) is 6.19. The molecule has 0 radical (unpaired) electrons. The molecule has 2 atom stereocenters. The maximum atomic E-state index is 5.55. The number of ether oxygens (including phenoxy) is 1. The maximum Gasteiger partial charge on any atom is 0.0748 e. The molecule has 0 spiro atoms. The van der Waals surface area contributed by atoms with Crippen molar-refractivity contribution in [2.24, 2.45) is 0 Å². The van der Waals surface area contributed by atoms with Crippen LogP contribution in [0.1, 0.15) is 31.0 Å². The van der Waals surface area contributed by atoms with Crippen molar-refractivity contribution in [3.8, 4) is 0 Å². The Kier molecular flexibility index (Phi) is 2.56. The van der Waals surface area contributed by atoms with Gasteiger partial charge in [0.15, 0.2) is 0 Å². The van der Waals surface area contributed by atoms with Crippen LogP contribution >= 0.6 is 0 Å². The first-order valence-corrected chi connectivity index (χ1v) is 6.19. The van der Waals surface area contributed by atoms with E-state index in [-0.39, 0.29) is 0 Å². The topological polar surface area (TPSA) is 34.1 Å². The molecular weight excluding hydrogens is 200 g/mol. The number of nitrogens with one attached hydrogen (secondary N) is 1. The van der Waals surface area contributed by atoms with E-state index in [1.807, 2.05) is 6.20 Å². The molecule has 3 heteroatoms. The lowest BCUT2D eigenvalue weighted by atomic mass is 10.1. The lowest BCUT2D eigenvalue weighted by Gasteiger charge is -2.17. The second-order valence-electron chi connectivity index (χ2n) is 4.80. The minimum Gasteiger partial charge on any atom is -0.378 e. The Morgan fingerprint density at radius 2 is 2.38 bits per heavy atom. The second kappa shape index (κ2) is 4.06. The highest BCUT2D eigenvalue weighted by Gasteiger charge is 2.24. The second-order valence-corrected chi connectivity index (χ2v) is 4.80. The smallest absolute Gasteiger partial charge is 0.0748 e. The summed E-state index contributed by atoms with van der Waals surface area (Å²) in [5.41, 5.74) is 3.88. The number of rotatable bonds is 2. The van der Waals surface area contributed by atoms with E-state index < -0.39 is 0 Å². The Morgan fingerprint density at radius 3 is 3.19 bits per heavy atom. The fourth-order valence-corrected chi connectivity index (χ4v) is 2.64. The van der Waals surface area contributed by atoms with Crippen molar-refractivity contribution < 1.29 is 4.74 Å². The van der Waals surface area contributed by atoms with Crippen LogP contribution in [0.5, 0.6) is 0 Å². The number of hydrogen-bond acceptors (Lipinski definition) is 3. The summed E-state index contributed by atoms with van der Waals surface area (Å²) in [5.74, 6) is 0. The number of aromatic nitrogens is 1. The Labute approximate surface area is 96.2 Å². The third-order valence-corrected chi connectivity index (χ3v) is 3.65. The van der Waals surface area contributed by atoms with Gasteiger partial charge in [-0.3, -0.25) is 4.98 Å². The molecule has 1 N–H and O–H groups in total. The fourth-order valence-electron chi connectivity index (χ4n) is 2.64.